The summed E-state index contributed by atoms with van der Waals surface area (Å²) in [7, 11) is -2.86. The fourth-order valence-corrected chi connectivity index (χ4v) is 10.6. The molecule has 1 aliphatic heterocycles. The number of rotatable bonds is 14. The van der Waals surface area contributed by atoms with Gasteiger partial charge in [0.05, 0.1) is 22.6 Å². The van der Waals surface area contributed by atoms with Crippen molar-refractivity contribution in [2.75, 3.05) is 38.3 Å². The van der Waals surface area contributed by atoms with Crippen LogP contribution in [-0.2, 0) is 32.0 Å². The highest BCUT2D eigenvalue weighted by Gasteiger charge is 2.33. The van der Waals surface area contributed by atoms with Gasteiger partial charge >= 0.3 is 5.97 Å². The van der Waals surface area contributed by atoms with Gasteiger partial charge in [0.2, 0.25) is 10.0 Å². The normalized spacial score (nSPS) is 14.9. The van der Waals surface area contributed by atoms with E-state index in [1.165, 1.54) is 11.3 Å². The van der Waals surface area contributed by atoms with Crippen LogP contribution in [0.2, 0.25) is 25.7 Å². The third-order valence-corrected chi connectivity index (χ3v) is 15.0. The Labute approximate surface area is 320 Å². The Bertz CT molecular complexity index is 2220. The van der Waals surface area contributed by atoms with E-state index in [-0.39, 0.29) is 24.0 Å². The van der Waals surface area contributed by atoms with E-state index in [2.05, 4.69) is 46.5 Å². The van der Waals surface area contributed by atoms with Crippen LogP contribution >= 0.6 is 22.7 Å². The molecule has 0 atom stereocenters. The van der Waals surface area contributed by atoms with Gasteiger partial charge in [0.1, 0.15) is 6.73 Å². The molecule has 0 saturated carbocycles. The molecule has 282 valence electrons. The minimum atomic E-state index is -3.48. The SMILES string of the molecule is CCOC(=O)c1nc(N(C)c2cc(C)c(N=c3sc4ccccc4n3COCC[Si](C)(C)C)nn2)sc1C1CCN(S(=O)(=O)Cc2ccccc2)CC1. The van der Waals surface area contributed by atoms with E-state index < -0.39 is 24.1 Å². The van der Waals surface area contributed by atoms with Gasteiger partial charge in [0, 0.05) is 39.7 Å². The van der Waals surface area contributed by atoms with E-state index in [4.69, 9.17) is 19.5 Å². The zero-order valence-corrected chi connectivity index (χ0v) is 34.6. The average Bonchev–Trinajstić information content (AvgIpc) is 3.73. The molecule has 0 N–H and O–H groups in total. The van der Waals surface area contributed by atoms with Crippen LogP contribution in [0, 0.1) is 6.92 Å². The Kier molecular flexibility index (Phi) is 12.3. The third kappa shape index (κ3) is 9.47. The Morgan fingerprint density at radius 1 is 1.04 bits per heavy atom. The van der Waals surface area contributed by atoms with E-state index in [1.54, 1.807) is 22.6 Å². The number of aromatic nitrogens is 4. The number of hydrogen-bond donors (Lipinski definition) is 0. The summed E-state index contributed by atoms with van der Waals surface area (Å²) in [4.78, 5) is 26.2. The van der Waals surface area contributed by atoms with Crippen molar-refractivity contribution in [3.05, 3.63) is 87.2 Å². The number of ether oxygens (including phenoxy) is 2. The predicted octanol–water partition coefficient (Wildman–Crippen LogP) is 7.46. The van der Waals surface area contributed by atoms with Gasteiger partial charge in [-0.3, -0.25) is 4.57 Å². The summed E-state index contributed by atoms with van der Waals surface area (Å²) in [6.07, 6.45) is 1.14. The Morgan fingerprint density at radius 3 is 2.45 bits per heavy atom. The molecule has 0 spiro atoms. The molecule has 12 nitrogen and oxygen atoms in total. The van der Waals surface area contributed by atoms with Crippen LogP contribution in [0.5, 0.6) is 0 Å². The predicted molar refractivity (Wildman–Crippen MR) is 215 cm³/mol. The van der Waals surface area contributed by atoms with Crippen LogP contribution in [0.4, 0.5) is 16.8 Å². The molecule has 3 aromatic heterocycles. The lowest BCUT2D eigenvalue weighted by atomic mass is 9.95. The van der Waals surface area contributed by atoms with Crippen molar-refractivity contribution in [1.29, 1.82) is 0 Å². The van der Waals surface area contributed by atoms with E-state index in [0.29, 0.717) is 56.0 Å². The van der Waals surface area contributed by atoms with Crippen molar-refractivity contribution >= 4 is 73.7 Å². The smallest absolute Gasteiger partial charge is 0.358 e. The molecule has 0 bridgehead atoms. The van der Waals surface area contributed by atoms with E-state index in [0.717, 1.165) is 37.1 Å². The number of carbonyl (C=O) groups is 1. The topological polar surface area (TPSA) is 132 Å². The monoisotopic (exact) mass is 793 g/mol. The van der Waals surface area contributed by atoms with Crippen molar-refractivity contribution in [3.8, 4) is 0 Å². The standard InChI is InChI=1S/C37H47N7O5S3Si/c1-7-49-35(45)32-33(28-17-19-43(20-18-28)52(46,47)24-27-13-9-8-10-14-27)51-36(38-32)42(3)31-23-26(2)34(41-40-31)39-37-44(25-48-21-22-53(4,5)6)29-15-11-12-16-30(29)50-37/h8-16,23,28H,7,17-22,24-25H2,1-6H3. The lowest BCUT2D eigenvalue weighted by molar-refractivity contribution is 0.0518. The van der Waals surface area contributed by atoms with Gasteiger partial charge in [-0.1, -0.05) is 73.4 Å². The average molecular weight is 794 g/mol. The molecule has 16 heteroatoms. The maximum atomic E-state index is 13.2. The largest absolute Gasteiger partial charge is 0.461 e. The van der Waals surface area contributed by atoms with E-state index in [9.17, 15) is 13.2 Å². The fraction of sp³-hybridized carbons (Fsp3) is 0.432. The van der Waals surface area contributed by atoms with Gasteiger partial charge in [0.15, 0.2) is 27.3 Å². The quantitative estimate of drug-likeness (QED) is 0.0639. The number of nitrogens with zero attached hydrogens (tertiary/aromatic N) is 7. The minimum absolute atomic E-state index is 0.0358. The van der Waals surface area contributed by atoms with Gasteiger partial charge < -0.3 is 14.4 Å². The van der Waals surface area contributed by atoms with Crippen molar-refractivity contribution in [2.24, 2.45) is 4.99 Å². The first kappa shape index (κ1) is 38.9. The van der Waals surface area contributed by atoms with Crippen molar-refractivity contribution in [2.45, 2.75) is 70.8 Å². The highest BCUT2D eigenvalue weighted by atomic mass is 32.2. The summed E-state index contributed by atoms with van der Waals surface area (Å²) in [5.74, 6) is 0.489. The number of thiazole rings is 2. The summed E-state index contributed by atoms with van der Waals surface area (Å²) in [5, 5.41) is 9.63. The molecule has 0 radical (unpaired) electrons. The molecule has 6 rings (SSSR count). The third-order valence-electron chi connectivity index (χ3n) is 9.10. The number of piperidine rings is 1. The van der Waals surface area contributed by atoms with Crippen LogP contribution in [0.3, 0.4) is 0 Å². The van der Waals surface area contributed by atoms with Gasteiger partial charge in [0.25, 0.3) is 0 Å². The second kappa shape index (κ2) is 16.7. The van der Waals surface area contributed by atoms with Gasteiger partial charge in [-0.15, -0.1) is 21.5 Å². The van der Waals surface area contributed by atoms with Crippen LogP contribution in [0.15, 0.2) is 65.7 Å². The number of anilines is 2. The summed E-state index contributed by atoms with van der Waals surface area (Å²) >= 11 is 2.99. The molecule has 1 saturated heterocycles. The zero-order chi connectivity index (χ0) is 37.8. The number of para-hydroxylation sites is 1. The molecule has 53 heavy (non-hydrogen) atoms. The Balaban J connectivity index is 1.21. The van der Waals surface area contributed by atoms with Gasteiger partial charge in [-0.25, -0.2) is 22.5 Å². The molecule has 4 heterocycles. The molecule has 5 aromatic rings. The zero-order valence-electron chi connectivity index (χ0n) is 31.1. The second-order valence-corrected chi connectivity index (χ2v) is 24.0. The summed E-state index contributed by atoms with van der Waals surface area (Å²) in [5.41, 5.74) is 2.91. The van der Waals surface area contributed by atoms with Crippen LogP contribution in [-0.4, -0.2) is 79.9 Å². The lowest BCUT2D eigenvalue weighted by Gasteiger charge is -2.31. The van der Waals surface area contributed by atoms with Crippen LogP contribution < -0.4 is 9.70 Å². The van der Waals surface area contributed by atoms with Crippen molar-refractivity contribution < 1.29 is 22.7 Å². The summed E-state index contributed by atoms with van der Waals surface area (Å²) < 4.78 is 42.7. The molecule has 0 unspecified atom stereocenters. The number of carbonyl (C=O) groups excluding carboxylic acids is 1. The van der Waals surface area contributed by atoms with Crippen molar-refractivity contribution in [1.82, 2.24) is 24.1 Å². The Morgan fingerprint density at radius 2 is 1.75 bits per heavy atom. The number of sulfonamides is 1. The summed E-state index contributed by atoms with van der Waals surface area (Å²) in [6, 6.07) is 20.4. The molecule has 0 amide bonds. The highest BCUT2D eigenvalue weighted by molar-refractivity contribution is 7.88. The second-order valence-electron chi connectivity index (χ2n) is 14.4. The number of benzene rings is 2. The molecule has 1 aliphatic rings. The number of esters is 1. The molecular formula is C37H47N7O5S3Si. The molecule has 2 aromatic carbocycles. The van der Waals surface area contributed by atoms with Gasteiger partial charge in [-0.05, 0) is 68.0 Å². The molecular weight excluding hydrogens is 747 g/mol. The van der Waals surface area contributed by atoms with E-state index >= 15 is 0 Å². The van der Waals surface area contributed by atoms with Gasteiger partial charge in [-0.2, -0.15) is 4.99 Å². The number of fused-ring (bicyclic) bond motifs is 1. The fourth-order valence-electron chi connectivity index (χ4n) is 6.05. The van der Waals surface area contributed by atoms with Crippen LogP contribution in [0.25, 0.3) is 10.2 Å². The van der Waals surface area contributed by atoms with Crippen molar-refractivity contribution in [3.63, 3.8) is 0 Å². The number of hydrogen-bond acceptors (Lipinski definition) is 12. The minimum Gasteiger partial charge on any atom is -0.461 e. The lowest BCUT2D eigenvalue weighted by Crippen LogP contribution is -2.38. The molecule has 0 aliphatic carbocycles. The highest BCUT2D eigenvalue weighted by Crippen LogP contribution is 2.40. The first-order valence-corrected chi connectivity index (χ1v) is 24.8. The number of aryl methyl sites for hydroxylation is 1. The maximum Gasteiger partial charge on any atom is 0.358 e. The first-order chi connectivity index (χ1) is 25.3. The van der Waals surface area contributed by atoms with E-state index in [1.807, 2.05) is 67.4 Å². The molecule has 1 fully saturated rings. The maximum absolute atomic E-state index is 13.2. The van der Waals surface area contributed by atoms with Crippen LogP contribution in [0.1, 0.15) is 52.2 Å². The first-order valence-electron chi connectivity index (χ1n) is 17.8. The summed E-state index contributed by atoms with van der Waals surface area (Å²) in [6.45, 7) is 12.8. The Hall–Kier alpha value is -3.80.